The van der Waals surface area contributed by atoms with Gasteiger partial charge >= 0.3 is 0 Å². The fraction of sp³-hybridized carbons (Fsp3) is 0. The molecule has 0 saturated carbocycles. The Kier molecular flexibility index (Phi) is 5.03. The van der Waals surface area contributed by atoms with Crippen LogP contribution in [0.5, 0.6) is 0 Å². The number of rotatable bonds is 4. The molecule has 0 radical (unpaired) electrons. The zero-order valence-corrected chi connectivity index (χ0v) is 19.9. The summed E-state index contributed by atoms with van der Waals surface area (Å²) in [5, 5.41) is 2.24. The second kappa shape index (κ2) is 8.81. The molecule has 174 valence electrons. The minimum atomic E-state index is 0.628. The topological polar surface area (TPSA) is 56.0 Å². The molecule has 0 spiro atoms. The van der Waals surface area contributed by atoms with Gasteiger partial charge < -0.3 is 4.40 Å². The van der Waals surface area contributed by atoms with Crippen LogP contribution in [0, 0.1) is 0 Å². The Bertz CT molecular complexity index is 1780. The maximum atomic E-state index is 4.94. The fourth-order valence-corrected chi connectivity index (χ4v) is 4.65. The van der Waals surface area contributed by atoms with Gasteiger partial charge in [-0.15, -0.1) is 0 Å². The molecule has 3 heterocycles. The van der Waals surface area contributed by atoms with Crippen molar-refractivity contribution in [1.29, 1.82) is 0 Å². The molecule has 3 aromatic heterocycles. The molecule has 0 aliphatic rings. The number of benzene rings is 4. The van der Waals surface area contributed by atoms with Gasteiger partial charge in [0.15, 0.2) is 17.5 Å². The molecule has 37 heavy (non-hydrogen) atoms. The summed E-state index contributed by atoms with van der Waals surface area (Å²) < 4.78 is 2.04. The first-order valence-electron chi connectivity index (χ1n) is 12.2. The van der Waals surface area contributed by atoms with Crippen LogP contribution in [0.3, 0.4) is 0 Å². The number of aromatic nitrogens is 5. The van der Waals surface area contributed by atoms with Gasteiger partial charge in [0.05, 0.1) is 5.69 Å². The molecule has 0 atom stereocenters. The molecule has 4 aromatic carbocycles. The van der Waals surface area contributed by atoms with Crippen molar-refractivity contribution in [3.05, 3.63) is 128 Å². The van der Waals surface area contributed by atoms with Crippen molar-refractivity contribution in [3.63, 3.8) is 0 Å². The summed E-state index contributed by atoms with van der Waals surface area (Å²) in [7, 11) is 0. The molecule has 0 aliphatic carbocycles. The standard InChI is InChI=1S/C32H21N5/c1-3-11-22(12-4-1)30-34-31(23-13-5-2-6-14-23)36-32(35-30)25-19-24-15-7-8-16-26(24)27(20-25)28-21-37-18-10-9-17-29(37)33-28/h1-21H. The SMILES string of the molecule is c1ccc(-c2nc(-c3ccccc3)nc(-c3cc(-c4cn5ccccc5n4)c4ccccc4c3)n2)cc1. The Balaban J connectivity index is 1.47. The molecule has 7 rings (SSSR count). The van der Waals surface area contributed by atoms with Gasteiger partial charge in [-0.2, -0.15) is 0 Å². The molecular weight excluding hydrogens is 454 g/mol. The minimum Gasteiger partial charge on any atom is -0.306 e. The van der Waals surface area contributed by atoms with E-state index < -0.39 is 0 Å². The highest BCUT2D eigenvalue weighted by molar-refractivity contribution is 5.99. The molecule has 0 N–H and O–H groups in total. The van der Waals surface area contributed by atoms with Crippen molar-refractivity contribution in [1.82, 2.24) is 24.3 Å². The summed E-state index contributed by atoms with van der Waals surface area (Å²) in [5.74, 6) is 1.92. The van der Waals surface area contributed by atoms with Crippen LogP contribution in [0.4, 0.5) is 0 Å². The quantitative estimate of drug-likeness (QED) is 0.267. The van der Waals surface area contributed by atoms with Crippen LogP contribution in [0.1, 0.15) is 0 Å². The number of imidazole rings is 1. The second-order valence-corrected chi connectivity index (χ2v) is 8.88. The third-order valence-corrected chi connectivity index (χ3v) is 6.46. The molecule has 0 amide bonds. The summed E-state index contributed by atoms with van der Waals surface area (Å²) in [6, 6.07) is 38.8. The fourth-order valence-electron chi connectivity index (χ4n) is 4.65. The van der Waals surface area contributed by atoms with Crippen LogP contribution in [-0.4, -0.2) is 24.3 Å². The second-order valence-electron chi connectivity index (χ2n) is 8.88. The highest BCUT2D eigenvalue weighted by atomic mass is 15.0. The zero-order valence-electron chi connectivity index (χ0n) is 19.9. The van der Waals surface area contributed by atoms with Crippen molar-refractivity contribution < 1.29 is 0 Å². The Morgan fingerprint density at radius 3 is 1.76 bits per heavy atom. The predicted octanol–water partition coefficient (Wildman–Crippen LogP) is 7.34. The lowest BCUT2D eigenvalue weighted by Crippen LogP contribution is -2.00. The van der Waals surface area contributed by atoms with Gasteiger partial charge in [0.25, 0.3) is 0 Å². The lowest BCUT2D eigenvalue weighted by Gasteiger charge is -2.11. The van der Waals surface area contributed by atoms with Crippen LogP contribution >= 0.6 is 0 Å². The lowest BCUT2D eigenvalue weighted by molar-refractivity contribution is 1.07. The largest absolute Gasteiger partial charge is 0.306 e. The van der Waals surface area contributed by atoms with E-state index in [9.17, 15) is 0 Å². The molecule has 0 unspecified atom stereocenters. The number of pyridine rings is 1. The van der Waals surface area contributed by atoms with Crippen molar-refractivity contribution >= 4 is 16.4 Å². The van der Waals surface area contributed by atoms with Crippen LogP contribution in [-0.2, 0) is 0 Å². The van der Waals surface area contributed by atoms with E-state index in [4.69, 9.17) is 19.9 Å². The number of hydrogen-bond donors (Lipinski definition) is 0. The van der Waals surface area contributed by atoms with E-state index >= 15 is 0 Å². The summed E-state index contributed by atoms with van der Waals surface area (Å²) >= 11 is 0. The molecular formula is C32H21N5. The zero-order chi connectivity index (χ0) is 24.6. The highest BCUT2D eigenvalue weighted by Crippen LogP contribution is 2.34. The van der Waals surface area contributed by atoms with Crippen LogP contribution in [0.15, 0.2) is 128 Å². The molecule has 0 aliphatic heterocycles. The first-order valence-corrected chi connectivity index (χ1v) is 12.2. The van der Waals surface area contributed by atoms with E-state index in [-0.39, 0.29) is 0 Å². The summed E-state index contributed by atoms with van der Waals surface area (Å²) in [4.78, 5) is 19.6. The summed E-state index contributed by atoms with van der Waals surface area (Å²) in [6.07, 6.45) is 4.08. The van der Waals surface area contributed by atoms with Crippen molar-refractivity contribution in [3.8, 4) is 45.4 Å². The van der Waals surface area contributed by atoms with E-state index in [0.717, 1.165) is 44.4 Å². The van der Waals surface area contributed by atoms with E-state index in [1.165, 1.54) is 0 Å². The van der Waals surface area contributed by atoms with Crippen molar-refractivity contribution in [2.24, 2.45) is 0 Å². The van der Waals surface area contributed by atoms with Crippen LogP contribution < -0.4 is 0 Å². The third-order valence-electron chi connectivity index (χ3n) is 6.46. The predicted molar refractivity (Wildman–Crippen MR) is 148 cm³/mol. The summed E-state index contributed by atoms with van der Waals surface area (Å²) in [6.45, 7) is 0. The minimum absolute atomic E-state index is 0.628. The van der Waals surface area contributed by atoms with Crippen LogP contribution in [0.25, 0.3) is 61.8 Å². The Labute approximate surface area is 213 Å². The average Bonchev–Trinajstić information content (AvgIpc) is 3.41. The van der Waals surface area contributed by atoms with E-state index in [1.807, 2.05) is 89.5 Å². The normalized spacial score (nSPS) is 11.2. The van der Waals surface area contributed by atoms with E-state index in [2.05, 4.69) is 42.6 Å². The Morgan fingerprint density at radius 2 is 1.08 bits per heavy atom. The molecule has 0 saturated heterocycles. The van der Waals surface area contributed by atoms with E-state index in [1.54, 1.807) is 0 Å². The summed E-state index contributed by atoms with van der Waals surface area (Å²) in [5.41, 5.74) is 5.67. The Morgan fingerprint density at radius 1 is 0.486 bits per heavy atom. The molecule has 5 nitrogen and oxygen atoms in total. The average molecular weight is 476 g/mol. The van der Waals surface area contributed by atoms with Crippen LogP contribution in [0.2, 0.25) is 0 Å². The van der Waals surface area contributed by atoms with Gasteiger partial charge in [-0.1, -0.05) is 91.0 Å². The molecule has 5 heteroatoms. The number of fused-ring (bicyclic) bond motifs is 2. The van der Waals surface area contributed by atoms with Gasteiger partial charge in [-0.25, -0.2) is 19.9 Å². The van der Waals surface area contributed by atoms with Crippen molar-refractivity contribution in [2.75, 3.05) is 0 Å². The van der Waals surface area contributed by atoms with Gasteiger partial charge in [0.2, 0.25) is 0 Å². The maximum absolute atomic E-state index is 4.94. The van der Waals surface area contributed by atoms with Gasteiger partial charge in [0, 0.05) is 34.6 Å². The van der Waals surface area contributed by atoms with Crippen molar-refractivity contribution in [2.45, 2.75) is 0 Å². The number of nitrogens with zero attached hydrogens (tertiary/aromatic N) is 5. The maximum Gasteiger partial charge on any atom is 0.164 e. The third kappa shape index (κ3) is 3.93. The van der Waals surface area contributed by atoms with E-state index in [0.29, 0.717) is 17.5 Å². The van der Waals surface area contributed by atoms with Gasteiger partial charge in [-0.05, 0) is 35.0 Å². The first-order chi connectivity index (χ1) is 18.3. The molecule has 0 fully saturated rings. The smallest absolute Gasteiger partial charge is 0.164 e. The number of hydrogen-bond acceptors (Lipinski definition) is 4. The monoisotopic (exact) mass is 475 g/mol. The highest BCUT2D eigenvalue weighted by Gasteiger charge is 2.16. The van der Waals surface area contributed by atoms with Gasteiger partial charge in [0.1, 0.15) is 5.65 Å². The Hall–Kier alpha value is -5.16. The lowest BCUT2D eigenvalue weighted by atomic mass is 9.98. The molecule has 0 bridgehead atoms. The molecule has 7 aromatic rings. The van der Waals surface area contributed by atoms with Gasteiger partial charge in [-0.3, -0.25) is 0 Å². The first kappa shape index (κ1) is 21.1.